The molecule has 4 heteroatoms. The first-order valence-corrected chi connectivity index (χ1v) is 6.56. The lowest BCUT2D eigenvalue weighted by Gasteiger charge is -2.28. The van der Waals surface area contributed by atoms with Crippen LogP contribution in [0.4, 0.5) is 0 Å². The average molecular weight is 276 g/mol. The van der Waals surface area contributed by atoms with Gasteiger partial charge in [-0.1, -0.05) is 0 Å². The monoisotopic (exact) mass is 275 g/mol. The van der Waals surface area contributed by atoms with Crippen LogP contribution in [-0.2, 0) is 4.74 Å². The summed E-state index contributed by atoms with van der Waals surface area (Å²) in [5, 5.41) is 2.16. The van der Waals surface area contributed by atoms with E-state index in [0.29, 0.717) is 6.54 Å². The van der Waals surface area contributed by atoms with E-state index in [1.54, 1.807) is 11.3 Å². The molecular formula is C10H14BrNOS. The highest BCUT2D eigenvalue weighted by Crippen LogP contribution is 2.34. The third-order valence-electron chi connectivity index (χ3n) is 2.57. The summed E-state index contributed by atoms with van der Waals surface area (Å²) in [7, 11) is 0. The number of thiophene rings is 1. The van der Waals surface area contributed by atoms with Gasteiger partial charge in [-0.3, -0.25) is 0 Å². The van der Waals surface area contributed by atoms with Crippen molar-refractivity contribution >= 4 is 27.3 Å². The highest BCUT2D eigenvalue weighted by atomic mass is 79.9. The summed E-state index contributed by atoms with van der Waals surface area (Å²) in [5.74, 6) is 0. The zero-order valence-corrected chi connectivity index (χ0v) is 10.3. The van der Waals surface area contributed by atoms with Crippen molar-refractivity contribution in [1.29, 1.82) is 0 Å². The molecule has 1 aliphatic rings. The van der Waals surface area contributed by atoms with Crippen molar-refractivity contribution in [2.24, 2.45) is 5.73 Å². The molecule has 0 bridgehead atoms. The van der Waals surface area contributed by atoms with Gasteiger partial charge in [-0.2, -0.15) is 0 Å². The topological polar surface area (TPSA) is 35.2 Å². The third-order valence-corrected chi connectivity index (χ3v) is 4.09. The second kappa shape index (κ2) is 4.75. The van der Waals surface area contributed by atoms with Crippen molar-refractivity contribution in [1.82, 2.24) is 0 Å². The molecule has 0 saturated carbocycles. The van der Waals surface area contributed by atoms with Crippen molar-refractivity contribution < 1.29 is 4.74 Å². The number of hydrogen-bond donors (Lipinski definition) is 1. The summed E-state index contributed by atoms with van der Waals surface area (Å²) in [5.41, 5.74) is 6.91. The van der Waals surface area contributed by atoms with Crippen LogP contribution in [0.25, 0.3) is 0 Å². The Labute approximate surface area is 96.6 Å². The summed E-state index contributed by atoms with van der Waals surface area (Å²) >= 11 is 5.18. The Balaban J connectivity index is 2.04. The number of hydrogen-bond acceptors (Lipinski definition) is 3. The quantitative estimate of drug-likeness (QED) is 0.901. The van der Waals surface area contributed by atoms with Crippen LogP contribution in [0, 0.1) is 0 Å². The van der Waals surface area contributed by atoms with E-state index in [-0.39, 0.29) is 12.2 Å². The van der Waals surface area contributed by atoms with Crippen LogP contribution in [0.15, 0.2) is 15.2 Å². The Morgan fingerprint density at radius 2 is 2.43 bits per heavy atom. The van der Waals surface area contributed by atoms with E-state index in [4.69, 9.17) is 10.5 Å². The minimum Gasteiger partial charge on any atom is -0.369 e. The second-order valence-electron chi connectivity index (χ2n) is 3.60. The van der Waals surface area contributed by atoms with Gasteiger partial charge in [0.2, 0.25) is 0 Å². The van der Waals surface area contributed by atoms with Crippen LogP contribution in [0.3, 0.4) is 0 Å². The first-order chi connectivity index (χ1) is 6.79. The molecule has 1 aromatic rings. The third kappa shape index (κ3) is 2.37. The minimum absolute atomic E-state index is 0.257. The molecule has 0 spiro atoms. The maximum atomic E-state index is 5.90. The number of halogens is 1. The summed E-state index contributed by atoms with van der Waals surface area (Å²) in [6.07, 6.45) is 3.98. The minimum atomic E-state index is 0.257. The van der Waals surface area contributed by atoms with Gasteiger partial charge >= 0.3 is 0 Å². The van der Waals surface area contributed by atoms with Crippen molar-refractivity contribution in [3.05, 3.63) is 20.8 Å². The molecule has 2 atom stereocenters. The maximum absolute atomic E-state index is 5.90. The van der Waals surface area contributed by atoms with E-state index in [9.17, 15) is 0 Å². The predicted molar refractivity (Wildman–Crippen MR) is 62.5 cm³/mol. The van der Waals surface area contributed by atoms with Gasteiger partial charge in [-0.25, -0.2) is 0 Å². The molecule has 0 aromatic carbocycles. The Hall–Kier alpha value is 0.1000. The molecular weight excluding hydrogens is 262 g/mol. The lowest BCUT2D eigenvalue weighted by molar-refractivity contribution is -0.0460. The number of nitrogens with two attached hydrogens (primary N) is 1. The fourth-order valence-corrected chi connectivity index (χ4v) is 3.03. The fraction of sp³-hybridized carbons (Fsp3) is 0.600. The molecule has 1 saturated heterocycles. The smallest absolute Gasteiger partial charge is 0.0837 e. The molecule has 2 heterocycles. The van der Waals surface area contributed by atoms with E-state index in [0.717, 1.165) is 12.8 Å². The lowest BCUT2D eigenvalue weighted by atomic mass is 10.0. The van der Waals surface area contributed by atoms with Gasteiger partial charge in [-0.15, -0.1) is 11.3 Å². The van der Waals surface area contributed by atoms with E-state index in [1.165, 1.54) is 15.8 Å². The van der Waals surface area contributed by atoms with E-state index >= 15 is 0 Å². The van der Waals surface area contributed by atoms with Crippen LogP contribution in [0.1, 0.15) is 30.9 Å². The zero-order valence-electron chi connectivity index (χ0n) is 7.91. The van der Waals surface area contributed by atoms with Gasteiger partial charge in [0, 0.05) is 6.54 Å². The first-order valence-electron chi connectivity index (χ1n) is 4.89. The Kier molecular flexibility index (Phi) is 3.60. The molecule has 2 N–H and O–H groups in total. The summed E-state index contributed by atoms with van der Waals surface area (Å²) in [4.78, 5) is 0. The normalized spacial score (nSPS) is 27.9. The van der Waals surface area contributed by atoms with Gasteiger partial charge in [0.1, 0.15) is 0 Å². The van der Waals surface area contributed by atoms with Crippen LogP contribution in [-0.4, -0.2) is 12.6 Å². The standard InChI is InChI=1S/C10H14BrNOS/c11-10-4-7(6-14-10)9-3-1-2-8(5-12)13-9/h4,6,8-9H,1-3,5,12H2. The van der Waals surface area contributed by atoms with Crippen LogP contribution >= 0.6 is 27.3 Å². The van der Waals surface area contributed by atoms with E-state index in [1.807, 2.05) is 0 Å². The molecule has 78 valence electrons. The van der Waals surface area contributed by atoms with Crippen LogP contribution in [0.2, 0.25) is 0 Å². The number of rotatable bonds is 2. The SMILES string of the molecule is NCC1CCCC(c2csc(Br)c2)O1. The molecule has 1 aliphatic heterocycles. The summed E-state index contributed by atoms with van der Waals surface area (Å²) in [6.45, 7) is 0.641. The van der Waals surface area contributed by atoms with Crippen molar-refractivity contribution in [2.75, 3.05) is 6.54 Å². The van der Waals surface area contributed by atoms with Crippen LogP contribution < -0.4 is 5.73 Å². The largest absolute Gasteiger partial charge is 0.369 e. The number of ether oxygens (including phenoxy) is 1. The molecule has 2 nitrogen and oxygen atoms in total. The van der Waals surface area contributed by atoms with Crippen molar-refractivity contribution in [2.45, 2.75) is 31.5 Å². The average Bonchev–Trinajstić information content (AvgIpc) is 2.65. The highest BCUT2D eigenvalue weighted by Gasteiger charge is 2.23. The highest BCUT2D eigenvalue weighted by molar-refractivity contribution is 9.11. The van der Waals surface area contributed by atoms with E-state index in [2.05, 4.69) is 27.4 Å². The Bertz CT molecular complexity index is 302. The Morgan fingerprint density at radius 3 is 3.07 bits per heavy atom. The lowest BCUT2D eigenvalue weighted by Crippen LogP contribution is -2.29. The fourth-order valence-electron chi connectivity index (χ4n) is 1.81. The van der Waals surface area contributed by atoms with Crippen LogP contribution in [0.5, 0.6) is 0 Å². The molecule has 2 rings (SSSR count). The Morgan fingerprint density at radius 1 is 1.57 bits per heavy atom. The zero-order chi connectivity index (χ0) is 9.97. The van der Waals surface area contributed by atoms with Crippen molar-refractivity contribution in [3.63, 3.8) is 0 Å². The van der Waals surface area contributed by atoms with Crippen molar-refractivity contribution in [3.8, 4) is 0 Å². The maximum Gasteiger partial charge on any atom is 0.0837 e. The molecule has 0 radical (unpaired) electrons. The molecule has 2 unspecified atom stereocenters. The van der Waals surface area contributed by atoms with Gasteiger partial charge < -0.3 is 10.5 Å². The van der Waals surface area contributed by atoms with Gasteiger partial charge in [-0.05, 0) is 52.2 Å². The van der Waals surface area contributed by atoms with Gasteiger partial charge in [0.05, 0.1) is 16.0 Å². The van der Waals surface area contributed by atoms with E-state index < -0.39 is 0 Å². The molecule has 0 amide bonds. The van der Waals surface area contributed by atoms with Gasteiger partial charge in [0.25, 0.3) is 0 Å². The molecule has 1 fully saturated rings. The summed E-state index contributed by atoms with van der Waals surface area (Å²) < 4.78 is 7.07. The van der Waals surface area contributed by atoms with Gasteiger partial charge in [0.15, 0.2) is 0 Å². The first kappa shape index (κ1) is 10.6. The second-order valence-corrected chi connectivity index (χ2v) is 5.89. The molecule has 14 heavy (non-hydrogen) atoms. The predicted octanol–water partition coefficient (Wildman–Crippen LogP) is 3.08. The summed E-state index contributed by atoms with van der Waals surface area (Å²) in [6, 6.07) is 2.15. The molecule has 0 aliphatic carbocycles. The molecule has 1 aromatic heterocycles.